The van der Waals surface area contributed by atoms with E-state index < -0.39 is 0 Å². The molecule has 2 heterocycles. The van der Waals surface area contributed by atoms with Crippen molar-refractivity contribution in [2.45, 2.75) is 39.2 Å². The van der Waals surface area contributed by atoms with Gasteiger partial charge in [-0.25, -0.2) is 0 Å². The van der Waals surface area contributed by atoms with Crippen LogP contribution in [0.4, 0.5) is 0 Å². The summed E-state index contributed by atoms with van der Waals surface area (Å²) in [6.07, 6.45) is 5.71. The number of piperidine rings is 1. The van der Waals surface area contributed by atoms with Crippen molar-refractivity contribution in [2.75, 3.05) is 26.2 Å². The molecule has 19 heavy (non-hydrogen) atoms. The Hall–Kier alpha value is -0.870. The fraction of sp³-hybridized carbons (Fsp3) is 0.800. The molecule has 0 radical (unpaired) electrons. The summed E-state index contributed by atoms with van der Waals surface area (Å²) in [6.45, 7) is 9.26. The molecule has 4 nitrogen and oxygen atoms in total. The van der Waals surface area contributed by atoms with Crippen LogP contribution in [0.5, 0.6) is 0 Å². The van der Waals surface area contributed by atoms with Crippen molar-refractivity contribution in [2.24, 2.45) is 13.0 Å². The van der Waals surface area contributed by atoms with Gasteiger partial charge in [-0.15, -0.1) is 0 Å². The minimum atomic E-state index is 0.643. The minimum absolute atomic E-state index is 0.643. The van der Waals surface area contributed by atoms with Crippen LogP contribution in [0.1, 0.15) is 32.4 Å². The molecular weight excluding hydrogens is 236 g/mol. The van der Waals surface area contributed by atoms with E-state index >= 15 is 0 Å². The van der Waals surface area contributed by atoms with E-state index in [1.807, 2.05) is 17.9 Å². The first-order chi connectivity index (χ1) is 9.20. The molecule has 2 atom stereocenters. The first kappa shape index (κ1) is 14.5. The molecule has 4 heteroatoms. The smallest absolute Gasteiger partial charge is 0.0492 e. The van der Waals surface area contributed by atoms with Crippen LogP contribution >= 0.6 is 0 Å². The van der Waals surface area contributed by atoms with E-state index in [1.165, 1.54) is 31.6 Å². The second-order valence-electron chi connectivity index (χ2n) is 5.75. The first-order valence-electron chi connectivity index (χ1n) is 7.63. The van der Waals surface area contributed by atoms with E-state index in [0.29, 0.717) is 6.04 Å². The number of nitrogens with zero attached hydrogens (tertiary/aromatic N) is 3. The third kappa shape index (κ3) is 4.05. The average molecular weight is 264 g/mol. The molecule has 0 amide bonds. The van der Waals surface area contributed by atoms with E-state index in [0.717, 1.165) is 25.4 Å². The summed E-state index contributed by atoms with van der Waals surface area (Å²) in [6, 6.07) is 2.77. The van der Waals surface area contributed by atoms with Crippen molar-refractivity contribution in [3.63, 3.8) is 0 Å². The van der Waals surface area contributed by atoms with Gasteiger partial charge in [0.1, 0.15) is 0 Å². The zero-order chi connectivity index (χ0) is 13.7. The van der Waals surface area contributed by atoms with Gasteiger partial charge in [0.15, 0.2) is 0 Å². The maximum absolute atomic E-state index is 4.24. The highest BCUT2D eigenvalue weighted by molar-refractivity contribution is 5.00. The molecule has 0 spiro atoms. The van der Waals surface area contributed by atoms with Crippen molar-refractivity contribution in [1.29, 1.82) is 0 Å². The second-order valence-corrected chi connectivity index (χ2v) is 5.75. The maximum Gasteiger partial charge on any atom is 0.0492 e. The Bertz CT molecular complexity index is 374. The van der Waals surface area contributed by atoms with Crippen LogP contribution in [0.15, 0.2) is 12.3 Å². The topological polar surface area (TPSA) is 33.1 Å². The Morgan fingerprint density at radius 2 is 2.37 bits per heavy atom. The SMILES string of the molecule is CCNC(C)C1CCCN(CCc2ccnn2C)C1. The molecule has 0 bridgehead atoms. The predicted molar refractivity (Wildman–Crippen MR) is 79.2 cm³/mol. The summed E-state index contributed by atoms with van der Waals surface area (Å²) in [5.41, 5.74) is 1.34. The van der Waals surface area contributed by atoms with Gasteiger partial charge >= 0.3 is 0 Å². The van der Waals surface area contributed by atoms with Crippen LogP contribution in [0.2, 0.25) is 0 Å². The third-order valence-corrected chi connectivity index (χ3v) is 4.38. The van der Waals surface area contributed by atoms with Crippen molar-refractivity contribution in [1.82, 2.24) is 20.0 Å². The molecule has 2 unspecified atom stereocenters. The quantitative estimate of drug-likeness (QED) is 0.848. The van der Waals surface area contributed by atoms with E-state index in [-0.39, 0.29) is 0 Å². The van der Waals surface area contributed by atoms with Gasteiger partial charge in [-0.2, -0.15) is 5.10 Å². The van der Waals surface area contributed by atoms with Crippen molar-refractivity contribution >= 4 is 0 Å². The van der Waals surface area contributed by atoms with Crippen LogP contribution in [-0.4, -0.2) is 46.9 Å². The number of aryl methyl sites for hydroxylation is 1. The van der Waals surface area contributed by atoms with Gasteiger partial charge in [0, 0.05) is 44.5 Å². The van der Waals surface area contributed by atoms with Crippen LogP contribution in [0, 0.1) is 5.92 Å². The van der Waals surface area contributed by atoms with Gasteiger partial charge < -0.3 is 10.2 Å². The Kier molecular flexibility index (Phi) is 5.40. The van der Waals surface area contributed by atoms with Crippen molar-refractivity contribution in [3.05, 3.63) is 18.0 Å². The van der Waals surface area contributed by atoms with Crippen LogP contribution in [0.25, 0.3) is 0 Å². The van der Waals surface area contributed by atoms with Gasteiger partial charge in [0.05, 0.1) is 0 Å². The molecule has 108 valence electrons. The first-order valence-corrected chi connectivity index (χ1v) is 7.63. The summed E-state index contributed by atoms with van der Waals surface area (Å²) in [7, 11) is 2.03. The zero-order valence-corrected chi connectivity index (χ0v) is 12.6. The molecule has 2 rings (SSSR count). The van der Waals surface area contributed by atoms with Gasteiger partial charge in [0.25, 0.3) is 0 Å². The largest absolute Gasteiger partial charge is 0.314 e. The summed E-state index contributed by atoms with van der Waals surface area (Å²) >= 11 is 0. The van der Waals surface area contributed by atoms with Gasteiger partial charge in [-0.05, 0) is 44.8 Å². The lowest BCUT2D eigenvalue weighted by molar-refractivity contribution is 0.152. The molecule has 1 aromatic heterocycles. The molecule has 1 aliphatic rings. The molecule has 0 aromatic carbocycles. The molecule has 1 N–H and O–H groups in total. The molecule has 1 fully saturated rings. The number of rotatable bonds is 6. The third-order valence-electron chi connectivity index (χ3n) is 4.38. The molecule has 1 aliphatic heterocycles. The van der Waals surface area contributed by atoms with E-state index in [4.69, 9.17) is 0 Å². The Morgan fingerprint density at radius 3 is 3.05 bits per heavy atom. The van der Waals surface area contributed by atoms with Crippen molar-refractivity contribution < 1.29 is 0 Å². The second kappa shape index (κ2) is 7.06. The Balaban J connectivity index is 1.79. The lowest BCUT2D eigenvalue weighted by Gasteiger charge is -2.36. The highest BCUT2D eigenvalue weighted by Crippen LogP contribution is 2.20. The van der Waals surface area contributed by atoms with E-state index in [1.54, 1.807) is 0 Å². The number of hydrogen-bond acceptors (Lipinski definition) is 3. The van der Waals surface area contributed by atoms with Crippen LogP contribution in [0.3, 0.4) is 0 Å². The Morgan fingerprint density at radius 1 is 1.53 bits per heavy atom. The van der Waals surface area contributed by atoms with Crippen molar-refractivity contribution in [3.8, 4) is 0 Å². The van der Waals surface area contributed by atoms with Crippen LogP contribution < -0.4 is 5.32 Å². The highest BCUT2D eigenvalue weighted by Gasteiger charge is 2.23. The molecule has 0 aliphatic carbocycles. The minimum Gasteiger partial charge on any atom is -0.314 e. The zero-order valence-electron chi connectivity index (χ0n) is 12.6. The fourth-order valence-electron chi connectivity index (χ4n) is 3.11. The lowest BCUT2D eigenvalue weighted by Crippen LogP contribution is -2.45. The van der Waals surface area contributed by atoms with E-state index in [9.17, 15) is 0 Å². The fourth-order valence-corrected chi connectivity index (χ4v) is 3.11. The van der Waals surface area contributed by atoms with Crippen LogP contribution in [-0.2, 0) is 13.5 Å². The summed E-state index contributed by atoms with van der Waals surface area (Å²) in [5.74, 6) is 0.806. The molecular formula is C15H28N4. The van der Waals surface area contributed by atoms with Gasteiger partial charge in [-0.1, -0.05) is 6.92 Å². The molecule has 1 aromatic rings. The van der Waals surface area contributed by atoms with Gasteiger partial charge in [0.2, 0.25) is 0 Å². The predicted octanol–water partition coefficient (Wildman–Crippen LogP) is 1.67. The standard InChI is InChI=1S/C15H28N4/c1-4-16-13(2)14-6-5-10-19(12-14)11-8-15-7-9-17-18(15)3/h7,9,13-14,16H,4-6,8,10-12H2,1-3H3. The summed E-state index contributed by atoms with van der Waals surface area (Å²) in [4.78, 5) is 2.62. The summed E-state index contributed by atoms with van der Waals surface area (Å²) < 4.78 is 1.99. The highest BCUT2D eigenvalue weighted by atomic mass is 15.3. The number of nitrogens with one attached hydrogen (secondary N) is 1. The lowest BCUT2D eigenvalue weighted by atomic mass is 9.91. The van der Waals surface area contributed by atoms with Gasteiger partial charge in [-0.3, -0.25) is 4.68 Å². The Labute approximate surface area is 117 Å². The average Bonchev–Trinajstić information content (AvgIpc) is 2.82. The normalized spacial score (nSPS) is 22.6. The van der Waals surface area contributed by atoms with E-state index in [2.05, 4.69) is 35.2 Å². The summed E-state index contributed by atoms with van der Waals surface area (Å²) in [5, 5.41) is 7.81. The number of aromatic nitrogens is 2. The number of hydrogen-bond donors (Lipinski definition) is 1. The monoisotopic (exact) mass is 264 g/mol. The maximum atomic E-state index is 4.24. The molecule has 1 saturated heterocycles. The molecule has 0 saturated carbocycles. The number of likely N-dealkylation sites (tertiary alicyclic amines) is 1.